The van der Waals surface area contributed by atoms with Crippen molar-refractivity contribution in [3.05, 3.63) is 69.2 Å². The Bertz CT molecular complexity index is 963. The maximum atomic E-state index is 13.1. The number of anilines is 2. The summed E-state index contributed by atoms with van der Waals surface area (Å²) in [5, 5.41) is 11.6. The lowest BCUT2D eigenvalue weighted by atomic mass is 10.2. The van der Waals surface area contributed by atoms with Crippen molar-refractivity contribution in [3.63, 3.8) is 0 Å². The molecule has 5 nitrogen and oxygen atoms in total. The third-order valence-electron chi connectivity index (χ3n) is 3.29. The molecule has 0 saturated carbocycles. The smallest absolute Gasteiger partial charge is 0.248 e. The average Bonchev–Trinajstić information content (AvgIpc) is 3.00. The SMILES string of the molecule is Fc1ccc(Cn2cnc(NC(=S)Nc3cc(Cl)ccc3Cl)n2)c(Cl)c1. The van der Waals surface area contributed by atoms with E-state index in [2.05, 4.69) is 20.7 Å². The van der Waals surface area contributed by atoms with Crippen molar-refractivity contribution < 1.29 is 4.39 Å². The lowest BCUT2D eigenvalue weighted by Gasteiger charge is -2.10. The second-order valence-electron chi connectivity index (χ2n) is 5.20. The fourth-order valence-electron chi connectivity index (χ4n) is 2.10. The van der Waals surface area contributed by atoms with Crippen LogP contribution in [-0.4, -0.2) is 19.9 Å². The van der Waals surface area contributed by atoms with Crippen LogP contribution in [0.3, 0.4) is 0 Å². The lowest BCUT2D eigenvalue weighted by molar-refractivity contribution is 0.624. The van der Waals surface area contributed by atoms with Crippen molar-refractivity contribution in [2.75, 3.05) is 10.6 Å². The third kappa shape index (κ3) is 4.82. The summed E-state index contributed by atoms with van der Waals surface area (Å²) in [7, 11) is 0. The molecule has 0 aliphatic rings. The van der Waals surface area contributed by atoms with Gasteiger partial charge in [0.1, 0.15) is 12.1 Å². The lowest BCUT2D eigenvalue weighted by Crippen LogP contribution is -2.20. The first kappa shape index (κ1) is 18.8. The van der Waals surface area contributed by atoms with Crippen molar-refractivity contribution >= 4 is 63.8 Å². The predicted molar refractivity (Wildman–Crippen MR) is 107 cm³/mol. The molecule has 0 radical (unpaired) electrons. The molecule has 3 aromatic rings. The first-order chi connectivity index (χ1) is 12.4. The molecule has 10 heteroatoms. The van der Waals surface area contributed by atoms with E-state index in [1.807, 2.05) is 0 Å². The molecule has 0 aliphatic heterocycles. The molecule has 0 bridgehead atoms. The van der Waals surface area contributed by atoms with E-state index < -0.39 is 5.82 Å². The summed E-state index contributed by atoms with van der Waals surface area (Å²) in [5.74, 6) is -0.102. The number of nitrogens with zero attached hydrogens (tertiary/aromatic N) is 3. The van der Waals surface area contributed by atoms with Crippen LogP contribution in [0.4, 0.5) is 16.0 Å². The van der Waals surface area contributed by atoms with Crippen LogP contribution in [0.15, 0.2) is 42.7 Å². The van der Waals surface area contributed by atoms with Crippen molar-refractivity contribution in [1.82, 2.24) is 14.8 Å². The van der Waals surface area contributed by atoms with Crippen LogP contribution in [0.25, 0.3) is 0 Å². The van der Waals surface area contributed by atoms with E-state index in [0.717, 1.165) is 5.56 Å². The number of rotatable bonds is 4. The number of aromatic nitrogens is 3. The molecule has 1 aromatic heterocycles. The number of benzene rings is 2. The summed E-state index contributed by atoms with van der Waals surface area (Å²) >= 11 is 23.3. The standard InChI is InChI=1S/C16H11Cl3FN5S/c17-10-2-4-12(18)14(5-10)22-16(26)23-15-21-8-25(24-15)7-9-1-3-11(20)6-13(9)19/h1-6,8H,7H2,(H2,22,23,24,26). The molecule has 2 aromatic carbocycles. The van der Waals surface area contributed by atoms with Gasteiger partial charge in [-0.05, 0) is 48.1 Å². The van der Waals surface area contributed by atoms with Gasteiger partial charge in [0.05, 0.1) is 17.3 Å². The quantitative estimate of drug-likeness (QED) is 0.555. The van der Waals surface area contributed by atoms with Crippen LogP contribution < -0.4 is 10.6 Å². The van der Waals surface area contributed by atoms with E-state index in [-0.39, 0.29) is 5.11 Å². The second kappa shape index (κ2) is 8.18. The molecular weight excluding hydrogens is 420 g/mol. The summed E-state index contributed by atoms with van der Waals surface area (Å²) in [6.45, 7) is 0.341. The number of nitrogens with one attached hydrogen (secondary N) is 2. The molecule has 3 rings (SSSR count). The fraction of sp³-hybridized carbons (Fsp3) is 0.0625. The Balaban J connectivity index is 1.64. The van der Waals surface area contributed by atoms with Crippen LogP contribution in [0, 0.1) is 5.82 Å². The van der Waals surface area contributed by atoms with E-state index in [9.17, 15) is 4.39 Å². The summed E-state index contributed by atoms with van der Waals surface area (Å²) in [4.78, 5) is 4.12. The molecule has 0 fully saturated rings. The molecule has 134 valence electrons. The Kier molecular flexibility index (Phi) is 5.93. The minimum atomic E-state index is -0.393. The molecule has 0 saturated heterocycles. The topological polar surface area (TPSA) is 54.8 Å². The molecule has 0 spiro atoms. The van der Waals surface area contributed by atoms with Crippen LogP contribution in [0.2, 0.25) is 15.1 Å². The van der Waals surface area contributed by atoms with E-state index in [1.165, 1.54) is 18.5 Å². The van der Waals surface area contributed by atoms with E-state index >= 15 is 0 Å². The van der Waals surface area contributed by atoms with Crippen molar-refractivity contribution in [2.45, 2.75) is 6.54 Å². The number of hydrogen-bond acceptors (Lipinski definition) is 3. The normalized spacial score (nSPS) is 10.6. The second-order valence-corrected chi connectivity index (χ2v) is 6.86. The number of thiocarbonyl (C=S) groups is 1. The summed E-state index contributed by atoms with van der Waals surface area (Å²) < 4.78 is 14.6. The predicted octanol–water partition coefficient (Wildman–Crippen LogP) is 5.23. The van der Waals surface area contributed by atoms with Crippen molar-refractivity contribution in [1.29, 1.82) is 0 Å². The summed E-state index contributed by atoms with van der Waals surface area (Å²) in [6.07, 6.45) is 1.51. The largest absolute Gasteiger partial charge is 0.331 e. The third-order valence-corrected chi connectivity index (χ3v) is 4.41. The van der Waals surface area contributed by atoms with Gasteiger partial charge in [-0.15, -0.1) is 5.10 Å². The first-order valence-corrected chi connectivity index (χ1v) is 8.81. The van der Waals surface area contributed by atoms with Gasteiger partial charge in [-0.1, -0.05) is 40.9 Å². The van der Waals surface area contributed by atoms with Crippen LogP contribution in [-0.2, 0) is 6.54 Å². The van der Waals surface area contributed by atoms with E-state index in [4.69, 9.17) is 47.0 Å². The zero-order valence-corrected chi connectivity index (χ0v) is 16.1. The first-order valence-electron chi connectivity index (χ1n) is 7.27. The molecule has 0 aliphatic carbocycles. The minimum absolute atomic E-state index is 0.256. The zero-order chi connectivity index (χ0) is 18.7. The molecule has 1 heterocycles. The molecule has 26 heavy (non-hydrogen) atoms. The Hall–Kier alpha value is -1.93. The van der Waals surface area contributed by atoms with Crippen molar-refractivity contribution in [2.24, 2.45) is 0 Å². The highest BCUT2D eigenvalue weighted by Crippen LogP contribution is 2.25. The highest BCUT2D eigenvalue weighted by atomic mass is 35.5. The molecule has 2 N–H and O–H groups in total. The highest BCUT2D eigenvalue weighted by molar-refractivity contribution is 7.80. The van der Waals surface area contributed by atoms with Gasteiger partial charge in [-0.25, -0.2) is 14.1 Å². The zero-order valence-electron chi connectivity index (χ0n) is 13.0. The maximum absolute atomic E-state index is 13.1. The van der Waals surface area contributed by atoms with Crippen LogP contribution in [0.1, 0.15) is 5.56 Å². The van der Waals surface area contributed by atoms with Crippen molar-refractivity contribution in [3.8, 4) is 0 Å². The van der Waals surface area contributed by atoms with Crippen LogP contribution in [0.5, 0.6) is 0 Å². The monoisotopic (exact) mass is 429 g/mol. The Morgan fingerprint density at radius 1 is 1.08 bits per heavy atom. The van der Waals surface area contributed by atoms with E-state index in [0.29, 0.717) is 33.2 Å². The van der Waals surface area contributed by atoms with Gasteiger partial charge in [-0.2, -0.15) is 0 Å². The maximum Gasteiger partial charge on any atom is 0.248 e. The van der Waals surface area contributed by atoms with E-state index in [1.54, 1.807) is 28.9 Å². The number of halogens is 4. The molecular formula is C16H11Cl3FN5S. The molecule has 0 unspecified atom stereocenters. The highest BCUT2D eigenvalue weighted by Gasteiger charge is 2.08. The molecule has 0 atom stereocenters. The van der Waals surface area contributed by atoms with Gasteiger partial charge in [0, 0.05) is 10.0 Å². The molecule has 0 amide bonds. The fourth-order valence-corrected chi connectivity index (χ4v) is 2.87. The minimum Gasteiger partial charge on any atom is -0.331 e. The summed E-state index contributed by atoms with van der Waals surface area (Å²) in [6, 6.07) is 9.18. The van der Waals surface area contributed by atoms with Gasteiger partial charge in [0.25, 0.3) is 0 Å². The van der Waals surface area contributed by atoms with Gasteiger partial charge in [0.2, 0.25) is 5.95 Å². The van der Waals surface area contributed by atoms with Gasteiger partial charge < -0.3 is 5.32 Å². The Labute approximate surface area is 169 Å². The number of hydrogen-bond donors (Lipinski definition) is 2. The average molecular weight is 431 g/mol. The van der Waals surface area contributed by atoms with Gasteiger partial charge in [-0.3, -0.25) is 5.32 Å². The van der Waals surface area contributed by atoms with Gasteiger partial charge in [0.15, 0.2) is 5.11 Å². The van der Waals surface area contributed by atoms with Gasteiger partial charge >= 0.3 is 0 Å². The Morgan fingerprint density at radius 3 is 2.65 bits per heavy atom. The van der Waals surface area contributed by atoms with Crippen LogP contribution >= 0.6 is 47.0 Å². The Morgan fingerprint density at radius 2 is 1.88 bits per heavy atom. The summed E-state index contributed by atoms with van der Waals surface area (Å²) in [5.41, 5.74) is 1.28.